The Hall–Kier alpha value is -0.730. The summed E-state index contributed by atoms with van der Waals surface area (Å²) >= 11 is 5.33. The fourth-order valence-corrected chi connectivity index (χ4v) is 2.77. The van der Waals surface area contributed by atoms with E-state index in [1.807, 2.05) is 11.8 Å². The first-order valence-electron chi connectivity index (χ1n) is 5.72. The molecule has 0 N–H and O–H groups in total. The summed E-state index contributed by atoms with van der Waals surface area (Å²) < 4.78 is 1.17. The second-order valence-electron chi connectivity index (χ2n) is 4.01. The fourth-order valence-electron chi connectivity index (χ4n) is 1.61. The van der Waals surface area contributed by atoms with Crippen molar-refractivity contribution >= 4 is 27.7 Å². The second kappa shape index (κ2) is 5.74. The molecule has 0 bridgehead atoms. The molecule has 0 radical (unpaired) electrons. The smallest absolute Gasteiger partial charge is 0.0205 e. The van der Waals surface area contributed by atoms with Crippen LogP contribution in [0.2, 0.25) is 0 Å². The van der Waals surface area contributed by atoms with Crippen molar-refractivity contribution in [2.75, 3.05) is 0 Å². The molecule has 2 aromatic rings. The fraction of sp³-hybridized carbons (Fsp3) is 0.200. The largest absolute Gasteiger partial charge is 0.0901 e. The van der Waals surface area contributed by atoms with Crippen molar-refractivity contribution < 1.29 is 0 Å². The number of rotatable bonds is 3. The van der Waals surface area contributed by atoms with Gasteiger partial charge in [0.15, 0.2) is 0 Å². The molecule has 0 nitrogen and oxygen atoms in total. The van der Waals surface area contributed by atoms with E-state index in [4.69, 9.17) is 0 Å². The molecule has 0 fully saturated rings. The lowest BCUT2D eigenvalue weighted by Crippen LogP contribution is -1.80. The molecule has 0 saturated carbocycles. The molecule has 0 aliphatic carbocycles. The molecule has 0 spiro atoms. The van der Waals surface area contributed by atoms with E-state index < -0.39 is 0 Å². The molecule has 2 heteroatoms. The van der Waals surface area contributed by atoms with Gasteiger partial charge in [-0.25, -0.2) is 0 Å². The minimum absolute atomic E-state index is 1.10. The maximum Gasteiger partial charge on any atom is 0.0205 e. The summed E-state index contributed by atoms with van der Waals surface area (Å²) in [6.07, 6.45) is 1.10. The highest BCUT2D eigenvalue weighted by atomic mass is 79.9. The van der Waals surface area contributed by atoms with Gasteiger partial charge in [0.2, 0.25) is 0 Å². The van der Waals surface area contributed by atoms with E-state index in [9.17, 15) is 0 Å². The summed E-state index contributed by atoms with van der Waals surface area (Å²) in [5, 5.41) is 0. The zero-order valence-electron chi connectivity index (χ0n) is 10.0. The van der Waals surface area contributed by atoms with Gasteiger partial charge >= 0.3 is 0 Å². The lowest BCUT2D eigenvalue weighted by Gasteiger charge is -2.05. The van der Waals surface area contributed by atoms with Gasteiger partial charge in [0.25, 0.3) is 0 Å². The Morgan fingerprint density at radius 2 is 1.65 bits per heavy atom. The highest BCUT2D eigenvalue weighted by Gasteiger charge is 2.00. The standard InChI is InChI=1S/C15H15BrS/c1-3-12-4-6-13(7-5-12)17-14-8-9-15(16)11(2)10-14/h4-10H,3H2,1-2H3. The number of aryl methyl sites for hydroxylation is 2. The minimum atomic E-state index is 1.10. The van der Waals surface area contributed by atoms with Crippen LogP contribution in [0.3, 0.4) is 0 Å². The Morgan fingerprint density at radius 3 is 2.24 bits per heavy atom. The summed E-state index contributed by atoms with van der Waals surface area (Å²) in [6, 6.07) is 15.3. The van der Waals surface area contributed by atoms with Crippen LogP contribution in [0, 0.1) is 6.92 Å². The maximum absolute atomic E-state index is 3.52. The Labute approximate surface area is 116 Å². The van der Waals surface area contributed by atoms with Gasteiger partial charge in [0.1, 0.15) is 0 Å². The topological polar surface area (TPSA) is 0 Å². The predicted octanol–water partition coefficient (Wildman–Crippen LogP) is 5.47. The molecule has 0 aliphatic rings. The lowest BCUT2D eigenvalue weighted by atomic mass is 10.2. The monoisotopic (exact) mass is 306 g/mol. The van der Waals surface area contributed by atoms with Gasteiger partial charge in [-0.15, -0.1) is 0 Å². The Bertz CT molecular complexity index is 503. The summed E-state index contributed by atoms with van der Waals surface area (Å²) in [6.45, 7) is 4.30. The second-order valence-corrected chi connectivity index (χ2v) is 6.01. The summed E-state index contributed by atoms with van der Waals surface area (Å²) in [5.74, 6) is 0. The van der Waals surface area contributed by atoms with Crippen LogP contribution in [0.1, 0.15) is 18.1 Å². The van der Waals surface area contributed by atoms with Gasteiger partial charge in [0.05, 0.1) is 0 Å². The Morgan fingerprint density at radius 1 is 1.00 bits per heavy atom. The first-order chi connectivity index (χ1) is 8.19. The quantitative estimate of drug-likeness (QED) is 0.724. The molecule has 0 saturated heterocycles. The van der Waals surface area contributed by atoms with E-state index in [1.165, 1.54) is 25.4 Å². The van der Waals surface area contributed by atoms with Crippen LogP contribution in [0.25, 0.3) is 0 Å². The van der Waals surface area contributed by atoms with E-state index in [0.717, 1.165) is 6.42 Å². The molecule has 0 heterocycles. The Kier molecular flexibility index (Phi) is 4.30. The van der Waals surface area contributed by atoms with Crippen molar-refractivity contribution in [3.8, 4) is 0 Å². The average molecular weight is 307 g/mol. The molecular weight excluding hydrogens is 292 g/mol. The third-order valence-corrected chi connectivity index (χ3v) is 4.58. The highest BCUT2D eigenvalue weighted by molar-refractivity contribution is 9.10. The maximum atomic E-state index is 3.52. The van der Waals surface area contributed by atoms with Gasteiger partial charge in [-0.1, -0.05) is 46.7 Å². The van der Waals surface area contributed by atoms with Crippen molar-refractivity contribution in [2.24, 2.45) is 0 Å². The van der Waals surface area contributed by atoms with Crippen molar-refractivity contribution in [3.05, 3.63) is 58.1 Å². The summed E-state index contributed by atoms with van der Waals surface area (Å²) in [4.78, 5) is 2.58. The SMILES string of the molecule is CCc1ccc(Sc2ccc(Br)c(C)c2)cc1. The van der Waals surface area contributed by atoms with Crippen LogP contribution in [0.15, 0.2) is 56.7 Å². The third kappa shape index (κ3) is 3.36. The zero-order chi connectivity index (χ0) is 12.3. The van der Waals surface area contributed by atoms with Crippen molar-refractivity contribution in [1.29, 1.82) is 0 Å². The summed E-state index contributed by atoms with van der Waals surface area (Å²) in [5.41, 5.74) is 2.67. The molecule has 88 valence electrons. The number of hydrogen-bond acceptors (Lipinski definition) is 1. The van der Waals surface area contributed by atoms with Crippen LogP contribution in [-0.4, -0.2) is 0 Å². The van der Waals surface area contributed by atoms with Gasteiger partial charge in [-0.05, 0) is 54.8 Å². The number of halogens is 1. The summed E-state index contributed by atoms with van der Waals surface area (Å²) in [7, 11) is 0. The van der Waals surface area contributed by atoms with Crippen molar-refractivity contribution in [1.82, 2.24) is 0 Å². The highest BCUT2D eigenvalue weighted by Crippen LogP contribution is 2.30. The first-order valence-corrected chi connectivity index (χ1v) is 7.33. The zero-order valence-corrected chi connectivity index (χ0v) is 12.4. The first kappa shape index (κ1) is 12.7. The molecule has 0 unspecified atom stereocenters. The number of hydrogen-bond donors (Lipinski definition) is 0. The van der Waals surface area contributed by atoms with E-state index in [-0.39, 0.29) is 0 Å². The van der Waals surface area contributed by atoms with Crippen LogP contribution >= 0.6 is 27.7 Å². The molecular formula is C15H15BrS. The van der Waals surface area contributed by atoms with Gasteiger partial charge in [-0.3, -0.25) is 0 Å². The molecule has 17 heavy (non-hydrogen) atoms. The van der Waals surface area contributed by atoms with Crippen LogP contribution in [0.5, 0.6) is 0 Å². The van der Waals surface area contributed by atoms with Crippen LogP contribution in [0.4, 0.5) is 0 Å². The van der Waals surface area contributed by atoms with Gasteiger partial charge in [0, 0.05) is 14.3 Å². The average Bonchev–Trinajstić information content (AvgIpc) is 2.35. The van der Waals surface area contributed by atoms with E-state index in [1.54, 1.807) is 0 Å². The van der Waals surface area contributed by atoms with Crippen molar-refractivity contribution in [3.63, 3.8) is 0 Å². The van der Waals surface area contributed by atoms with Crippen LogP contribution in [-0.2, 0) is 6.42 Å². The van der Waals surface area contributed by atoms with Gasteiger partial charge in [-0.2, -0.15) is 0 Å². The minimum Gasteiger partial charge on any atom is -0.0901 e. The van der Waals surface area contributed by atoms with Crippen LogP contribution < -0.4 is 0 Å². The van der Waals surface area contributed by atoms with E-state index in [0.29, 0.717) is 0 Å². The van der Waals surface area contributed by atoms with Crippen molar-refractivity contribution in [2.45, 2.75) is 30.1 Å². The molecule has 0 amide bonds. The third-order valence-electron chi connectivity index (χ3n) is 2.70. The molecule has 2 rings (SSSR count). The lowest BCUT2D eigenvalue weighted by molar-refractivity contribution is 1.13. The number of benzene rings is 2. The van der Waals surface area contributed by atoms with E-state index >= 15 is 0 Å². The molecule has 0 aliphatic heterocycles. The molecule has 0 aromatic heterocycles. The predicted molar refractivity (Wildman–Crippen MR) is 78.8 cm³/mol. The van der Waals surface area contributed by atoms with Gasteiger partial charge < -0.3 is 0 Å². The molecule has 2 aromatic carbocycles. The molecule has 0 atom stereocenters. The van der Waals surface area contributed by atoms with E-state index in [2.05, 4.69) is 72.2 Å². The normalized spacial score (nSPS) is 10.5. The Balaban J connectivity index is 2.16.